The summed E-state index contributed by atoms with van der Waals surface area (Å²) in [6.07, 6.45) is 1.73. The number of carbonyl (C=O) groups is 2. The summed E-state index contributed by atoms with van der Waals surface area (Å²) < 4.78 is 26.3. The van der Waals surface area contributed by atoms with E-state index in [0.717, 1.165) is 22.6 Å². The van der Waals surface area contributed by atoms with Gasteiger partial charge in [-0.3, -0.25) is 9.69 Å². The number of hydrogen-bond donors (Lipinski definition) is 0. The monoisotopic (exact) mass is 488 g/mol. The number of aryl methyl sites for hydroxylation is 1. The van der Waals surface area contributed by atoms with Crippen molar-refractivity contribution in [1.29, 1.82) is 0 Å². The molecule has 6 nitrogen and oxygen atoms in total. The van der Waals surface area contributed by atoms with Crippen molar-refractivity contribution in [2.24, 2.45) is 0 Å². The third kappa shape index (κ3) is 4.56. The molecule has 186 valence electrons. The van der Waals surface area contributed by atoms with Gasteiger partial charge in [-0.05, 0) is 101 Å². The zero-order valence-corrected chi connectivity index (χ0v) is 21.1. The van der Waals surface area contributed by atoms with Crippen molar-refractivity contribution in [3.63, 3.8) is 0 Å². The first kappa shape index (κ1) is 25.0. The lowest BCUT2D eigenvalue weighted by Crippen LogP contribution is -2.24. The molecule has 0 spiro atoms. The fraction of sp³-hybridized carbons (Fsp3) is 0.241. The predicted octanol–water partition coefficient (Wildman–Crippen LogP) is 5.90. The molecule has 36 heavy (non-hydrogen) atoms. The highest BCUT2D eigenvalue weighted by atomic mass is 19.1. The van der Waals surface area contributed by atoms with Crippen LogP contribution in [0.5, 0.6) is 5.75 Å². The largest absolute Gasteiger partial charge is 0.494 e. The van der Waals surface area contributed by atoms with Gasteiger partial charge < -0.3 is 14.0 Å². The van der Waals surface area contributed by atoms with Gasteiger partial charge in [0.05, 0.1) is 24.4 Å². The molecule has 1 aliphatic rings. The van der Waals surface area contributed by atoms with Crippen molar-refractivity contribution in [3.8, 4) is 11.4 Å². The van der Waals surface area contributed by atoms with Gasteiger partial charge in [-0.2, -0.15) is 0 Å². The van der Waals surface area contributed by atoms with Crippen molar-refractivity contribution < 1.29 is 23.5 Å². The number of amides is 1. The number of aromatic nitrogens is 1. The molecular formula is C29H29FN2O4. The SMILES string of the molecule is CCOC(=O)C1=C(C)N(c2ccc(OCC)cc2)C(=O)/C1=C\c1cc(C)n(-c2ccc(F)cc2)c1C. The number of halogens is 1. The van der Waals surface area contributed by atoms with Crippen LogP contribution in [0.3, 0.4) is 0 Å². The summed E-state index contributed by atoms with van der Waals surface area (Å²) in [6.45, 7) is 9.97. The Kier molecular flexibility index (Phi) is 7.10. The highest BCUT2D eigenvalue weighted by molar-refractivity contribution is 6.23. The molecule has 1 aromatic heterocycles. The highest BCUT2D eigenvalue weighted by Gasteiger charge is 2.38. The Hall–Kier alpha value is -4.13. The maximum Gasteiger partial charge on any atom is 0.340 e. The average molecular weight is 489 g/mol. The van der Waals surface area contributed by atoms with Gasteiger partial charge in [0.25, 0.3) is 5.91 Å². The van der Waals surface area contributed by atoms with Crippen molar-refractivity contribution in [2.45, 2.75) is 34.6 Å². The molecule has 2 heterocycles. The van der Waals surface area contributed by atoms with E-state index in [1.807, 2.05) is 31.4 Å². The normalized spacial score (nSPS) is 14.7. The van der Waals surface area contributed by atoms with Crippen LogP contribution in [-0.2, 0) is 14.3 Å². The van der Waals surface area contributed by atoms with E-state index in [0.29, 0.717) is 23.7 Å². The lowest BCUT2D eigenvalue weighted by atomic mass is 10.0. The molecule has 2 aromatic carbocycles. The van der Waals surface area contributed by atoms with E-state index >= 15 is 0 Å². The van der Waals surface area contributed by atoms with Crippen LogP contribution in [0.1, 0.15) is 37.7 Å². The summed E-state index contributed by atoms with van der Waals surface area (Å²) in [7, 11) is 0. The fourth-order valence-electron chi connectivity index (χ4n) is 4.53. The molecule has 0 N–H and O–H groups in total. The Morgan fingerprint density at radius 1 is 0.944 bits per heavy atom. The maximum atomic E-state index is 13.7. The van der Waals surface area contributed by atoms with Crippen LogP contribution in [0.25, 0.3) is 11.8 Å². The van der Waals surface area contributed by atoms with Crippen LogP contribution in [-0.4, -0.2) is 29.7 Å². The molecule has 0 bridgehead atoms. The first-order valence-electron chi connectivity index (χ1n) is 11.9. The second kappa shape index (κ2) is 10.2. The summed E-state index contributed by atoms with van der Waals surface area (Å²) in [5, 5.41) is 0. The van der Waals surface area contributed by atoms with E-state index in [-0.39, 0.29) is 29.5 Å². The lowest BCUT2D eigenvalue weighted by Gasteiger charge is -2.18. The molecule has 4 rings (SSSR count). The molecule has 0 unspecified atom stereocenters. The number of esters is 1. The third-order valence-electron chi connectivity index (χ3n) is 6.14. The lowest BCUT2D eigenvalue weighted by molar-refractivity contribution is -0.138. The molecule has 0 fully saturated rings. The first-order chi connectivity index (χ1) is 17.3. The van der Waals surface area contributed by atoms with Gasteiger partial charge in [-0.25, -0.2) is 9.18 Å². The second-order valence-electron chi connectivity index (χ2n) is 8.44. The topological polar surface area (TPSA) is 60.8 Å². The Balaban J connectivity index is 1.80. The van der Waals surface area contributed by atoms with E-state index in [2.05, 4.69) is 0 Å². The number of carbonyl (C=O) groups excluding carboxylic acids is 2. The molecule has 0 atom stereocenters. The van der Waals surface area contributed by atoms with Gasteiger partial charge >= 0.3 is 5.97 Å². The third-order valence-corrected chi connectivity index (χ3v) is 6.14. The average Bonchev–Trinajstić information content (AvgIpc) is 3.27. The van der Waals surface area contributed by atoms with Crippen molar-refractivity contribution in [1.82, 2.24) is 4.57 Å². The van der Waals surface area contributed by atoms with Crippen LogP contribution >= 0.6 is 0 Å². The molecule has 0 saturated heterocycles. The summed E-state index contributed by atoms with van der Waals surface area (Å²) in [4.78, 5) is 28.2. The predicted molar refractivity (Wildman–Crippen MR) is 138 cm³/mol. The van der Waals surface area contributed by atoms with Gasteiger partial charge in [0.1, 0.15) is 11.6 Å². The standard InChI is InChI=1S/C29H29FN2O4/c1-6-35-25-14-12-24(13-15-25)32-20(5)27(29(34)36-7-2)26(28(32)33)17-21-16-18(3)31(19(21)4)23-10-8-22(30)9-11-23/h8-17H,6-7H2,1-5H3/b26-17-. The molecule has 0 radical (unpaired) electrons. The zero-order chi connectivity index (χ0) is 26.0. The Bertz CT molecular complexity index is 1370. The van der Waals surface area contributed by atoms with Gasteiger partial charge in [0.15, 0.2) is 0 Å². The van der Waals surface area contributed by atoms with Crippen molar-refractivity contribution in [2.75, 3.05) is 18.1 Å². The molecule has 1 amide bonds. The van der Waals surface area contributed by atoms with E-state index in [1.54, 1.807) is 56.3 Å². The number of benzene rings is 2. The summed E-state index contributed by atoms with van der Waals surface area (Å²) in [5.74, 6) is -0.472. The number of anilines is 1. The number of ether oxygens (including phenoxy) is 2. The first-order valence-corrected chi connectivity index (χ1v) is 11.9. The number of nitrogens with zero attached hydrogens (tertiary/aromatic N) is 2. The molecule has 3 aromatic rings. The van der Waals surface area contributed by atoms with Crippen LogP contribution in [0.15, 0.2) is 71.4 Å². The maximum absolute atomic E-state index is 13.7. The minimum Gasteiger partial charge on any atom is -0.494 e. The number of rotatable bonds is 7. The number of hydrogen-bond acceptors (Lipinski definition) is 4. The van der Waals surface area contributed by atoms with Crippen LogP contribution in [0.2, 0.25) is 0 Å². The minimum absolute atomic E-state index is 0.194. The van der Waals surface area contributed by atoms with Gasteiger partial charge in [-0.15, -0.1) is 0 Å². The van der Waals surface area contributed by atoms with Crippen LogP contribution in [0, 0.1) is 19.7 Å². The molecule has 0 aliphatic carbocycles. The Morgan fingerprint density at radius 2 is 1.58 bits per heavy atom. The minimum atomic E-state index is -0.546. The van der Waals surface area contributed by atoms with Gasteiger partial charge in [0, 0.05) is 28.5 Å². The molecule has 1 aliphatic heterocycles. The van der Waals surface area contributed by atoms with Crippen molar-refractivity contribution >= 4 is 23.6 Å². The van der Waals surface area contributed by atoms with Gasteiger partial charge in [-0.1, -0.05) is 0 Å². The van der Waals surface area contributed by atoms with E-state index in [1.165, 1.54) is 17.0 Å². The fourth-order valence-corrected chi connectivity index (χ4v) is 4.53. The van der Waals surface area contributed by atoms with Crippen molar-refractivity contribution in [3.05, 3.63) is 94.2 Å². The number of allylic oxidation sites excluding steroid dienone is 1. The summed E-state index contributed by atoms with van der Waals surface area (Å²) >= 11 is 0. The quantitative estimate of drug-likeness (QED) is 0.307. The zero-order valence-electron chi connectivity index (χ0n) is 21.1. The molecule has 0 saturated carbocycles. The van der Waals surface area contributed by atoms with Gasteiger partial charge in [0.2, 0.25) is 0 Å². The molecule has 7 heteroatoms. The van der Waals surface area contributed by atoms with E-state index in [9.17, 15) is 14.0 Å². The second-order valence-corrected chi connectivity index (χ2v) is 8.44. The van der Waals surface area contributed by atoms with E-state index in [4.69, 9.17) is 9.47 Å². The summed E-state index contributed by atoms with van der Waals surface area (Å²) in [5.41, 5.74) is 4.99. The smallest absolute Gasteiger partial charge is 0.340 e. The summed E-state index contributed by atoms with van der Waals surface area (Å²) in [6, 6.07) is 15.3. The molecular weight excluding hydrogens is 459 g/mol. The Morgan fingerprint density at radius 3 is 2.19 bits per heavy atom. The highest BCUT2D eigenvalue weighted by Crippen LogP contribution is 2.37. The van der Waals surface area contributed by atoms with Crippen LogP contribution in [0.4, 0.5) is 10.1 Å². The van der Waals surface area contributed by atoms with E-state index < -0.39 is 5.97 Å². The Labute approximate surface area is 210 Å². The van der Waals surface area contributed by atoms with Crippen LogP contribution < -0.4 is 9.64 Å².